The van der Waals surface area contributed by atoms with Crippen molar-refractivity contribution in [3.63, 3.8) is 0 Å². The molecule has 9 heteroatoms. The number of ether oxygens (including phenoxy) is 4. The zero-order valence-electron chi connectivity index (χ0n) is 17.4. The van der Waals surface area contributed by atoms with Gasteiger partial charge in [-0.05, 0) is 24.3 Å². The number of benzene rings is 2. The lowest BCUT2D eigenvalue weighted by molar-refractivity contribution is 0.171. The number of anilines is 2. The monoisotopic (exact) mass is 424 g/mol. The molecule has 0 bridgehead atoms. The van der Waals surface area contributed by atoms with Gasteiger partial charge in [0.1, 0.15) is 19.0 Å². The summed E-state index contributed by atoms with van der Waals surface area (Å²) >= 11 is 0. The molecule has 3 aromatic rings. The Labute approximate surface area is 179 Å². The molecular formula is C22H24N4O5. The number of imidazole rings is 1. The van der Waals surface area contributed by atoms with Gasteiger partial charge in [0.25, 0.3) is 0 Å². The van der Waals surface area contributed by atoms with E-state index >= 15 is 0 Å². The van der Waals surface area contributed by atoms with Gasteiger partial charge in [0.2, 0.25) is 5.95 Å². The number of hydrogen-bond donors (Lipinski definition) is 2. The second-order valence-electron chi connectivity index (χ2n) is 6.78. The fraction of sp³-hybridized carbons (Fsp3) is 0.273. The smallest absolute Gasteiger partial charge is 0.326 e. The Morgan fingerprint density at radius 2 is 1.94 bits per heavy atom. The van der Waals surface area contributed by atoms with E-state index in [-0.39, 0.29) is 0 Å². The zero-order valence-corrected chi connectivity index (χ0v) is 17.4. The van der Waals surface area contributed by atoms with Crippen molar-refractivity contribution in [2.24, 2.45) is 0 Å². The maximum Gasteiger partial charge on any atom is 0.326 e. The van der Waals surface area contributed by atoms with E-state index in [4.69, 9.17) is 18.9 Å². The Bertz CT molecular complexity index is 1070. The van der Waals surface area contributed by atoms with Crippen molar-refractivity contribution >= 4 is 17.7 Å². The highest BCUT2D eigenvalue weighted by Gasteiger charge is 2.16. The van der Waals surface area contributed by atoms with Crippen LogP contribution in [0.15, 0.2) is 48.7 Å². The van der Waals surface area contributed by atoms with Crippen LogP contribution in [0.1, 0.15) is 0 Å². The van der Waals surface area contributed by atoms with Gasteiger partial charge in [-0.3, -0.25) is 5.32 Å². The predicted molar refractivity (Wildman–Crippen MR) is 116 cm³/mol. The molecule has 2 amide bonds. The Morgan fingerprint density at radius 3 is 2.74 bits per heavy atom. The van der Waals surface area contributed by atoms with E-state index in [1.807, 2.05) is 28.8 Å². The minimum atomic E-state index is -0.418. The Hall–Kier alpha value is -3.72. The molecule has 4 rings (SSSR count). The summed E-state index contributed by atoms with van der Waals surface area (Å²) in [6.07, 6.45) is 1.71. The van der Waals surface area contributed by atoms with Crippen LogP contribution in [0, 0.1) is 0 Å². The van der Waals surface area contributed by atoms with Crippen molar-refractivity contribution < 1.29 is 23.7 Å². The van der Waals surface area contributed by atoms with Crippen molar-refractivity contribution in [2.45, 2.75) is 6.54 Å². The fourth-order valence-electron chi connectivity index (χ4n) is 3.28. The maximum atomic E-state index is 12.6. The minimum Gasteiger partial charge on any atom is -0.497 e. The van der Waals surface area contributed by atoms with Crippen molar-refractivity contribution in [3.8, 4) is 28.5 Å². The quantitative estimate of drug-likeness (QED) is 0.602. The predicted octanol–water partition coefficient (Wildman–Crippen LogP) is 3.62. The number of methoxy groups -OCH3 is 2. The van der Waals surface area contributed by atoms with Crippen molar-refractivity contribution in [2.75, 3.05) is 44.7 Å². The molecule has 1 aliphatic heterocycles. The number of fused-ring (bicyclic) bond motifs is 1. The number of aromatic nitrogens is 2. The lowest BCUT2D eigenvalue weighted by Crippen LogP contribution is -2.23. The normalized spacial score (nSPS) is 12.3. The second-order valence-corrected chi connectivity index (χ2v) is 6.78. The van der Waals surface area contributed by atoms with Gasteiger partial charge in [-0.25, -0.2) is 9.78 Å². The third-order valence-electron chi connectivity index (χ3n) is 4.77. The van der Waals surface area contributed by atoms with Crippen LogP contribution >= 0.6 is 0 Å². The van der Waals surface area contributed by atoms with Crippen molar-refractivity contribution in [1.82, 2.24) is 9.55 Å². The summed E-state index contributed by atoms with van der Waals surface area (Å²) in [6, 6.07) is 12.5. The summed E-state index contributed by atoms with van der Waals surface area (Å²) in [5.41, 5.74) is 2.35. The molecule has 2 heterocycles. The summed E-state index contributed by atoms with van der Waals surface area (Å²) in [6.45, 7) is 1.97. The third-order valence-corrected chi connectivity index (χ3v) is 4.77. The lowest BCUT2D eigenvalue weighted by atomic mass is 10.1. The molecule has 0 atom stereocenters. The molecule has 2 aromatic carbocycles. The molecule has 0 spiro atoms. The van der Waals surface area contributed by atoms with Gasteiger partial charge >= 0.3 is 6.03 Å². The van der Waals surface area contributed by atoms with E-state index in [1.165, 1.54) is 0 Å². The summed E-state index contributed by atoms with van der Waals surface area (Å²) in [7, 11) is 3.25. The number of carbonyl (C=O) groups is 1. The first-order valence-electron chi connectivity index (χ1n) is 9.84. The fourth-order valence-corrected chi connectivity index (χ4v) is 3.28. The molecule has 0 radical (unpaired) electrons. The van der Waals surface area contributed by atoms with Crippen LogP contribution in [0.4, 0.5) is 16.4 Å². The SMILES string of the molecule is COCCn1c(-c2cccc(OC)c2)cnc1NC(=O)Nc1ccc2c(c1)OCCO2. The van der Waals surface area contributed by atoms with Gasteiger partial charge in [0, 0.05) is 31.0 Å². The van der Waals surface area contributed by atoms with Crippen molar-refractivity contribution in [1.29, 1.82) is 0 Å². The summed E-state index contributed by atoms with van der Waals surface area (Å²) in [4.78, 5) is 17.0. The van der Waals surface area contributed by atoms with Crippen LogP contribution in [0.2, 0.25) is 0 Å². The van der Waals surface area contributed by atoms with E-state index in [0.29, 0.717) is 49.5 Å². The number of rotatable bonds is 7. The van der Waals surface area contributed by atoms with Gasteiger partial charge in [-0.15, -0.1) is 0 Å². The van der Waals surface area contributed by atoms with Gasteiger partial charge in [0.15, 0.2) is 11.5 Å². The standard InChI is InChI=1S/C22H24N4O5/c1-28-9-8-26-18(15-4-3-5-17(12-15)29-2)14-23-21(26)25-22(27)24-16-6-7-19-20(13-16)31-11-10-30-19/h3-7,12-14H,8-11H2,1-2H3,(H2,23,24,25,27). The highest BCUT2D eigenvalue weighted by Crippen LogP contribution is 2.32. The Balaban J connectivity index is 1.53. The highest BCUT2D eigenvalue weighted by molar-refractivity contribution is 5.99. The summed E-state index contributed by atoms with van der Waals surface area (Å²) in [5.74, 6) is 2.41. The van der Waals surface area contributed by atoms with E-state index in [1.54, 1.807) is 38.6 Å². The molecular weight excluding hydrogens is 400 g/mol. The first-order valence-corrected chi connectivity index (χ1v) is 9.84. The molecule has 31 heavy (non-hydrogen) atoms. The van der Waals surface area contributed by atoms with Gasteiger partial charge in [-0.1, -0.05) is 12.1 Å². The first kappa shape index (κ1) is 20.5. The molecule has 0 saturated carbocycles. The summed E-state index contributed by atoms with van der Waals surface area (Å²) < 4.78 is 23.5. The molecule has 1 aromatic heterocycles. The minimum absolute atomic E-state index is 0.407. The molecule has 0 saturated heterocycles. The average Bonchev–Trinajstić information content (AvgIpc) is 3.19. The topological polar surface area (TPSA) is 95.9 Å². The number of amides is 2. The maximum absolute atomic E-state index is 12.6. The van der Waals surface area contributed by atoms with E-state index in [9.17, 15) is 4.79 Å². The van der Waals surface area contributed by atoms with Crippen LogP contribution in [0.5, 0.6) is 17.2 Å². The largest absolute Gasteiger partial charge is 0.497 e. The number of nitrogens with one attached hydrogen (secondary N) is 2. The highest BCUT2D eigenvalue weighted by atomic mass is 16.6. The zero-order chi connectivity index (χ0) is 21.6. The molecule has 2 N–H and O–H groups in total. The number of nitrogens with zero attached hydrogens (tertiary/aromatic N) is 2. The van der Waals surface area contributed by atoms with E-state index in [2.05, 4.69) is 15.6 Å². The van der Waals surface area contributed by atoms with Crippen LogP contribution in [0.25, 0.3) is 11.3 Å². The van der Waals surface area contributed by atoms with Crippen LogP contribution in [-0.4, -0.2) is 49.6 Å². The van der Waals surface area contributed by atoms with Crippen LogP contribution in [0.3, 0.4) is 0 Å². The molecule has 0 aliphatic carbocycles. The second kappa shape index (κ2) is 9.40. The number of urea groups is 1. The average molecular weight is 424 g/mol. The molecule has 1 aliphatic rings. The molecule has 0 fully saturated rings. The van der Waals surface area contributed by atoms with Crippen LogP contribution in [-0.2, 0) is 11.3 Å². The molecule has 162 valence electrons. The first-order chi connectivity index (χ1) is 15.2. The third kappa shape index (κ3) is 4.72. The Morgan fingerprint density at radius 1 is 1.10 bits per heavy atom. The van der Waals surface area contributed by atoms with E-state index < -0.39 is 6.03 Å². The molecule has 0 unspecified atom stereocenters. The molecule has 9 nitrogen and oxygen atoms in total. The number of carbonyl (C=O) groups excluding carboxylic acids is 1. The Kier molecular flexibility index (Phi) is 6.23. The van der Waals surface area contributed by atoms with Gasteiger partial charge in [0.05, 0.1) is 25.6 Å². The van der Waals surface area contributed by atoms with Crippen LogP contribution < -0.4 is 24.8 Å². The van der Waals surface area contributed by atoms with Gasteiger partial charge < -0.3 is 28.8 Å². The lowest BCUT2D eigenvalue weighted by Gasteiger charge is -2.19. The van der Waals surface area contributed by atoms with Gasteiger partial charge in [-0.2, -0.15) is 0 Å². The van der Waals surface area contributed by atoms with E-state index in [0.717, 1.165) is 17.0 Å². The number of hydrogen-bond acceptors (Lipinski definition) is 6. The van der Waals surface area contributed by atoms with Crippen molar-refractivity contribution in [3.05, 3.63) is 48.7 Å². The summed E-state index contributed by atoms with van der Waals surface area (Å²) in [5, 5.41) is 5.61.